The number of nitrogens with two attached hydrogens (primary N) is 1. The van der Waals surface area contributed by atoms with Crippen LogP contribution in [-0.4, -0.2) is 29.9 Å². The van der Waals surface area contributed by atoms with Crippen LogP contribution in [0.5, 0.6) is 5.75 Å². The van der Waals surface area contributed by atoms with E-state index in [-0.39, 0.29) is 5.91 Å². The van der Waals surface area contributed by atoms with Crippen molar-refractivity contribution in [3.8, 4) is 5.75 Å². The van der Waals surface area contributed by atoms with Gasteiger partial charge in [-0.2, -0.15) is 0 Å². The molecule has 1 amide bonds. The van der Waals surface area contributed by atoms with Crippen LogP contribution in [0.2, 0.25) is 0 Å². The maximum absolute atomic E-state index is 12.5. The van der Waals surface area contributed by atoms with Gasteiger partial charge in [0.25, 0.3) is 5.91 Å². The predicted molar refractivity (Wildman–Crippen MR) is 77.4 cm³/mol. The average Bonchev–Trinajstić information content (AvgIpc) is 2.47. The van der Waals surface area contributed by atoms with Gasteiger partial charge >= 0.3 is 0 Å². The number of hydrogen-bond acceptors (Lipinski definition) is 4. The van der Waals surface area contributed by atoms with E-state index in [4.69, 9.17) is 10.5 Å². The smallest absolute Gasteiger partial charge is 0.257 e. The predicted octanol–water partition coefficient (Wildman–Crippen LogP) is 1.94. The molecular formula is C15H17N3O2. The molecule has 1 aromatic heterocycles. The Morgan fingerprint density at radius 3 is 2.85 bits per heavy atom. The summed E-state index contributed by atoms with van der Waals surface area (Å²) in [4.78, 5) is 18.1. The van der Waals surface area contributed by atoms with Crippen molar-refractivity contribution in [3.05, 3.63) is 53.9 Å². The highest BCUT2D eigenvalue weighted by Gasteiger charge is 2.17. The number of anilines is 1. The number of nitrogens with zero attached hydrogens (tertiary/aromatic N) is 2. The molecule has 0 unspecified atom stereocenters. The number of ether oxygens (including phenoxy) is 1. The minimum atomic E-state index is -0.141. The van der Waals surface area contributed by atoms with Crippen LogP contribution in [0, 0.1) is 0 Å². The number of carbonyl (C=O) groups excluding carboxylic acids is 1. The van der Waals surface area contributed by atoms with Crippen molar-refractivity contribution < 1.29 is 9.53 Å². The lowest BCUT2D eigenvalue weighted by Crippen LogP contribution is -2.26. The molecule has 0 aliphatic heterocycles. The Morgan fingerprint density at radius 1 is 1.40 bits per heavy atom. The number of methoxy groups -OCH3 is 1. The topological polar surface area (TPSA) is 68.5 Å². The summed E-state index contributed by atoms with van der Waals surface area (Å²) < 4.78 is 5.21. The minimum absolute atomic E-state index is 0.141. The molecule has 0 atom stereocenters. The third-order valence-corrected chi connectivity index (χ3v) is 2.94. The summed E-state index contributed by atoms with van der Waals surface area (Å²) in [5, 5.41) is 0. The van der Waals surface area contributed by atoms with E-state index in [1.54, 1.807) is 42.5 Å². The summed E-state index contributed by atoms with van der Waals surface area (Å²) in [5.74, 6) is 0.375. The van der Waals surface area contributed by atoms with Crippen molar-refractivity contribution in [1.82, 2.24) is 9.88 Å². The van der Waals surface area contributed by atoms with Crippen molar-refractivity contribution in [2.75, 3.05) is 19.9 Å². The van der Waals surface area contributed by atoms with Crippen LogP contribution in [0.25, 0.3) is 0 Å². The van der Waals surface area contributed by atoms with E-state index in [9.17, 15) is 4.79 Å². The fraction of sp³-hybridized carbons (Fsp3) is 0.200. The van der Waals surface area contributed by atoms with Crippen molar-refractivity contribution in [2.24, 2.45) is 0 Å². The van der Waals surface area contributed by atoms with Crippen LogP contribution in [-0.2, 0) is 6.54 Å². The molecule has 0 bridgehead atoms. The van der Waals surface area contributed by atoms with Gasteiger partial charge in [-0.1, -0.05) is 6.07 Å². The molecule has 2 rings (SSSR count). The number of pyridine rings is 1. The number of rotatable bonds is 4. The summed E-state index contributed by atoms with van der Waals surface area (Å²) >= 11 is 0. The number of benzene rings is 1. The summed E-state index contributed by atoms with van der Waals surface area (Å²) in [6.45, 7) is 0.477. The van der Waals surface area contributed by atoms with E-state index in [0.717, 1.165) is 5.56 Å². The monoisotopic (exact) mass is 271 g/mol. The number of hydrogen-bond donors (Lipinski definition) is 1. The van der Waals surface area contributed by atoms with Gasteiger partial charge in [0.2, 0.25) is 0 Å². The van der Waals surface area contributed by atoms with Gasteiger partial charge in [-0.05, 0) is 29.8 Å². The molecule has 5 heteroatoms. The second-order valence-corrected chi connectivity index (χ2v) is 4.48. The minimum Gasteiger partial charge on any atom is -0.496 e. The fourth-order valence-corrected chi connectivity index (χ4v) is 1.94. The second kappa shape index (κ2) is 6.06. The molecule has 0 radical (unpaired) electrons. The van der Waals surface area contributed by atoms with E-state index >= 15 is 0 Å². The summed E-state index contributed by atoms with van der Waals surface area (Å²) in [5.41, 5.74) is 7.69. The van der Waals surface area contributed by atoms with E-state index in [0.29, 0.717) is 23.5 Å². The molecule has 0 fully saturated rings. The Kier molecular flexibility index (Phi) is 4.20. The lowest BCUT2D eigenvalue weighted by Gasteiger charge is -2.18. The highest BCUT2D eigenvalue weighted by Crippen LogP contribution is 2.22. The molecule has 0 aliphatic carbocycles. The maximum Gasteiger partial charge on any atom is 0.257 e. The number of aromatic nitrogens is 1. The third kappa shape index (κ3) is 3.06. The molecule has 1 heterocycles. The lowest BCUT2D eigenvalue weighted by atomic mass is 10.1. The quantitative estimate of drug-likeness (QED) is 0.863. The van der Waals surface area contributed by atoms with Crippen LogP contribution in [0.4, 0.5) is 5.69 Å². The van der Waals surface area contributed by atoms with Crippen LogP contribution in [0.15, 0.2) is 42.7 Å². The first-order valence-electron chi connectivity index (χ1n) is 6.19. The third-order valence-electron chi connectivity index (χ3n) is 2.94. The number of amides is 1. The Labute approximate surface area is 118 Å². The molecule has 2 N–H and O–H groups in total. The van der Waals surface area contributed by atoms with E-state index in [1.807, 2.05) is 12.1 Å². The van der Waals surface area contributed by atoms with Crippen LogP contribution in [0.3, 0.4) is 0 Å². The van der Waals surface area contributed by atoms with Crippen molar-refractivity contribution in [1.29, 1.82) is 0 Å². The molecule has 0 saturated heterocycles. The first kappa shape index (κ1) is 13.9. The van der Waals surface area contributed by atoms with Gasteiger partial charge in [0.1, 0.15) is 5.75 Å². The number of nitrogen functional groups attached to an aromatic ring is 1. The molecule has 0 spiro atoms. The average molecular weight is 271 g/mol. The zero-order valence-corrected chi connectivity index (χ0v) is 11.5. The van der Waals surface area contributed by atoms with Crippen molar-refractivity contribution >= 4 is 11.6 Å². The first-order chi connectivity index (χ1) is 9.61. The number of carbonyl (C=O) groups is 1. The van der Waals surface area contributed by atoms with Gasteiger partial charge in [-0.3, -0.25) is 9.78 Å². The zero-order chi connectivity index (χ0) is 14.5. The fourth-order valence-electron chi connectivity index (χ4n) is 1.94. The SMILES string of the molecule is COc1ccc(N)cc1C(=O)N(C)Cc1cccnc1. The van der Waals surface area contributed by atoms with Crippen LogP contribution >= 0.6 is 0 Å². The van der Waals surface area contributed by atoms with E-state index in [1.165, 1.54) is 7.11 Å². The van der Waals surface area contributed by atoms with Crippen molar-refractivity contribution in [3.63, 3.8) is 0 Å². The Bertz CT molecular complexity index is 599. The maximum atomic E-state index is 12.5. The molecule has 20 heavy (non-hydrogen) atoms. The molecule has 104 valence electrons. The lowest BCUT2D eigenvalue weighted by molar-refractivity contribution is 0.0781. The van der Waals surface area contributed by atoms with Gasteiger partial charge in [-0.25, -0.2) is 0 Å². The Morgan fingerprint density at radius 2 is 2.20 bits per heavy atom. The van der Waals surface area contributed by atoms with E-state index < -0.39 is 0 Å². The molecule has 5 nitrogen and oxygen atoms in total. The van der Waals surface area contributed by atoms with E-state index in [2.05, 4.69) is 4.98 Å². The molecule has 1 aromatic carbocycles. The van der Waals surface area contributed by atoms with Gasteiger partial charge in [-0.15, -0.1) is 0 Å². The van der Waals surface area contributed by atoms with Crippen LogP contribution < -0.4 is 10.5 Å². The Balaban J connectivity index is 2.20. The molecular weight excluding hydrogens is 254 g/mol. The Hall–Kier alpha value is -2.56. The second-order valence-electron chi connectivity index (χ2n) is 4.48. The van der Waals surface area contributed by atoms with Gasteiger partial charge in [0, 0.05) is 31.7 Å². The zero-order valence-electron chi connectivity index (χ0n) is 11.5. The molecule has 0 aliphatic rings. The summed E-state index contributed by atoms with van der Waals surface area (Å²) in [7, 11) is 3.27. The highest BCUT2D eigenvalue weighted by atomic mass is 16.5. The summed E-state index contributed by atoms with van der Waals surface area (Å²) in [6.07, 6.45) is 3.44. The van der Waals surface area contributed by atoms with Gasteiger partial charge in [0.15, 0.2) is 0 Å². The standard InChI is InChI=1S/C15H17N3O2/c1-18(10-11-4-3-7-17-9-11)15(19)13-8-12(16)5-6-14(13)20-2/h3-9H,10,16H2,1-2H3. The normalized spacial score (nSPS) is 10.1. The van der Waals surface area contributed by atoms with Gasteiger partial charge < -0.3 is 15.4 Å². The molecule has 0 saturated carbocycles. The van der Waals surface area contributed by atoms with Gasteiger partial charge in [0.05, 0.1) is 12.7 Å². The highest BCUT2D eigenvalue weighted by molar-refractivity contribution is 5.97. The van der Waals surface area contributed by atoms with Crippen LogP contribution in [0.1, 0.15) is 15.9 Å². The van der Waals surface area contributed by atoms with Crippen molar-refractivity contribution in [2.45, 2.75) is 6.54 Å². The first-order valence-corrected chi connectivity index (χ1v) is 6.19. The largest absolute Gasteiger partial charge is 0.496 e. The molecule has 2 aromatic rings. The summed E-state index contributed by atoms with van der Waals surface area (Å²) in [6, 6.07) is 8.79.